The van der Waals surface area contributed by atoms with Gasteiger partial charge in [-0.1, -0.05) is 13.8 Å². The van der Waals surface area contributed by atoms with E-state index in [4.69, 9.17) is 5.73 Å². The van der Waals surface area contributed by atoms with Gasteiger partial charge in [-0.25, -0.2) is 4.39 Å². The van der Waals surface area contributed by atoms with Crippen molar-refractivity contribution in [1.82, 2.24) is 0 Å². The third kappa shape index (κ3) is 2.74. The van der Waals surface area contributed by atoms with Crippen molar-refractivity contribution in [1.29, 1.82) is 0 Å². The molecule has 11 heavy (non-hydrogen) atoms. The fraction of sp³-hybridized carbons (Fsp3) is 0.556. The largest absolute Gasteiger partial charge is 0.402 e. The van der Waals surface area contributed by atoms with E-state index in [1.54, 1.807) is 13.0 Å². The van der Waals surface area contributed by atoms with E-state index in [-0.39, 0.29) is 5.83 Å². The van der Waals surface area contributed by atoms with Gasteiger partial charge < -0.3 is 5.73 Å². The van der Waals surface area contributed by atoms with E-state index in [0.717, 1.165) is 12.8 Å². The van der Waals surface area contributed by atoms with Crippen LogP contribution in [-0.2, 0) is 0 Å². The molecule has 0 amide bonds. The summed E-state index contributed by atoms with van der Waals surface area (Å²) in [5.74, 6) is -0.154. The normalized spacial score (nSPS) is 16.9. The van der Waals surface area contributed by atoms with E-state index >= 15 is 0 Å². The Balaban J connectivity index is 0.000000461. The van der Waals surface area contributed by atoms with Crippen LogP contribution in [0.25, 0.3) is 0 Å². The summed E-state index contributed by atoms with van der Waals surface area (Å²) in [4.78, 5) is 0. The van der Waals surface area contributed by atoms with Crippen LogP contribution < -0.4 is 5.73 Å². The molecule has 0 saturated heterocycles. The zero-order chi connectivity index (χ0) is 8.85. The first-order valence-electron chi connectivity index (χ1n) is 4.03. The van der Waals surface area contributed by atoms with Crippen molar-refractivity contribution in [3.63, 3.8) is 0 Å². The van der Waals surface area contributed by atoms with Crippen LogP contribution in [0.2, 0.25) is 0 Å². The van der Waals surface area contributed by atoms with Crippen LogP contribution >= 0.6 is 0 Å². The minimum atomic E-state index is -0.154. The average Bonchev–Trinajstić information content (AvgIpc) is 2.04. The van der Waals surface area contributed by atoms with Crippen molar-refractivity contribution in [2.75, 3.05) is 0 Å². The highest BCUT2D eigenvalue weighted by Crippen LogP contribution is 2.21. The zero-order valence-corrected chi connectivity index (χ0v) is 7.45. The number of rotatable bonds is 0. The van der Waals surface area contributed by atoms with E-state index in [1.165, 1.54) is 0 Å². The second kappa shape index (κ2) is 4.94. The lowest BCUT2D eigenvalue weighted by molar-refractivity contribution is 0.627. The lowest BCUT2D eigenvalue weighted by atomic mass is 10.0. The van der Waals surface area contributed by atoms with Crippen molar-refractivity contribution in [3.05, 3.63) is 23.2 Å². The molecule has 0 saturated carbocycles. The zero-order valence-electron chi connectivity index (χ0n) is 7.45. The molecule has 2 heteroatoms. The first-order valence-corrected chi connectivity index (χ1v) is 4.03. The van der Waals surface area contributed by atoms with Crippen LogP contribution in [0.4, 0.5) is 4.39 Å². The molecule has 1 rings (SSSR count). The van der Waals surface area contributed by atoms with Gasteiger partial charge in [0.2, 0.25) is 0 Å². The Bertz CT molecular complexity index is 180. The van der Waals surface area contributed by atoms with Gasteiger partial charge in [-0.3, -0.25) is 0 Å². The van der Waals surface area contributed by atoms with Gasteiger partial charge in [0.15, 0.2) is 0 Å². The first kappa shape index (κ1) is 10.2. The third-order valence-electron chi connectivity index (χ3n) is 1.58. The molecule has 64 valence electrons. The molecule has 0 aromatic rings. The summed E-state index contributed by atoms with van der Waals surface area (Å²) in [6.45, 7) is 5.71. The van der Waals surface area contributed by atoms with Crippen molar-refractivity contribution >= 4 is 0 Å². The highest BCUT2D eigenvalue weighted by Gasteiger charge is 2.07. The minimum absolute atomic E-state index is 0.154. The van der Waals surface area contributed by atoms with Crippen LogP contribution in [0.3, 0.4) is 0 Å². The van der Waals surface area contributed by atoms with E-state index in [0.29, 0.717) is 11.3 Å². The van der Waals surface area contributed by atoms with Crippen molar-refractivity contribution < 1.29 is 4.39 Å². The molecule has 1 aliphatic rings. The second-order valence-corrected chi connectivity index (χ2v) is 2.24. The van der Waals surface area contributed by atoms with Crippen LogP contribution in [0.5, 0.6) is 0 Å². The SMILES string of the molecule is CC.CC1=C(N)CCC=C1F. The van der Waals surface area contributed by atoms with Crippen molar-refractivity contribution in [2.24, 2.45) is 5.73 Å². The maximum atomic E-state index is 12.6. The summed E-state index contributed by atoms with van der Waals surface area (Å²) in [6, 6.07) is 0. The lowest BCUT2D eigenvalue weighted by Crippen LogP contribution is -2.04. The van der Waals surface area contributed by atoms with Crippen LogP contribution in [-0.4, -0.2) is 0 Å². The molecule has 1 nitrogen and oxygen atoms in total. The number of halogens is 1. The fourth-order valence-corrected chi connectivity index (χ4v) is 0.848. The predicted molar refractivity (Wildman–Crippen MR) is 46.7 cm³/mol. The Labute approximate surface area is 67.8 Å². The highest BCUT2D eigenvalue weighted by atomic mass is 19.1. The van der Waals surface area contributed by atoms with Gasteiger partial charge in [0.1, 0.15) is 5.83 Å². The number of nitrogens with two attached hydrogens (primary N) is 1. The maximum absolute atomic E-state index is 12.6. The van der Waals surface area contributed by atoms with Crippen LogP contribution in [0.15, 0.2) is 23.2 Å². The molecular weight excluding hydrogens is 141 g/mol. The highest BCUT2D eigenvalue weighted by molar-refractivity contribution is 5.30. The molecule has 0 aliphatic heterocycles. The monoisotopic (exact) mass is 157 g/mol. The first-order chi connectivity index (χ1) is 5.22. The topological polar surface area (TPSA) is 26.0 Å². The van der Waals surface area contributed by atoms with Gasteiger partial charge in [-0.05, 0) is 25.8 Å². The van der Waals surface area contributed by atoms with E-state index in [9.17, 15) is 4.39 Å². The quantitative estimate of drug-likeness (QED) is 0.575. The smallest absolute Gasteiger partial charge is 0.123 e. The Morgan fingerprint density at radius 1 is 1.45 bits per heavy atom. The second-order valence-electron chi connectivity index (χ2n) is 2.24. The van der Waals surface area contributed by atoms with Crippen LogP contribution in [0, 0.1) is 0 Å². The molecule has 0 radical (unpaired) electrons. The number of allylic oxidation sites excluding steroid dienone is 4. The van der Waals surface area contributed by atoms with Gasteiger partial charge in [-0.2, -0.15) is 0 Å². The average molecular weight is 157 g/mol. The Hall–Kier alpha value is -0.790. The maximum Gasteiger partial charge on any atom is 0.123 e. The van der Waals surface area contributed by atoms with E-state index < -0.39 is 0 Å². The van der Waals surface area contributed by atoms with Crippen molar-refractivity contribution in [3.8, 4) is 0 Å². The standard InChI is InChI=1S/C7H10FN.C2H6/c1-5-6(8)3-2-4-7(5)9;1-2/h3H,2,4,9H2,1H3;1-2H3. The van der Waals surface area contributed by atoms with E-state index in [2.05, 4.69) is 0 Å². The molecule has 0 heterocycles. The summed E-state index contributed by atoms with van der Waals surface area (Å²) >= 11 is 0. The molecule has 0 fully saturated rings. The molecule has 0 aromatic heterocycles. The Morgan fingerprint density at radius 3 is 2.36 bits per heavy atom. The summed E-state index contributed by atoms with van der Waals surface area (Å²) in [6.07, 6.45) is 3.12. The van der Waals surface area contributed by atoms with Gasteiger partial charge in [0, 0.05) is 11.3 Å². The molecule has 0 unspecified atom stereocenters. The number of hydrogen-bond acceptors (Lipinski definition) is 1. The van der Waals surface area contributed by atoms with Crippen molar-refractivity contribution in [2.45, 2.75) is 33.6 Å². The molecule has 1 aliphatic carbocycles. The summed E-state index contributed by atoms with van der Waals surface area (Å²) < 4.78 is 12.6. The Morgan fingerprint density at radius 2 is 2.00 bits per heavy atom. The summed E-state index contributed by atoms with van der Waals surface area (Å²) in [7, 11) is 0. The van der Waals surface area contributed by atoms with Gasteiger partial charge in [0.05, 0.1) is 0 Å². The van der Waals surface area contributed by atoms with Crippen LogP contribution in [0.1, 0.15) is 33.6 Å². The molecule has 2 N–H and O–H groups in total. The molecule has 0 aromatic carbocycles. The molecule has 0 atom stereocenters. The molecule has 0 spiro atoms. The Kier molecular flexibility index (Phi) is 4.59. The van der Waals surface area contributed by atoms with E-state index in [1.807, 2.05) is 13.8 Å². The summed E-state index contributed by atoms with van der Waals surface area (Å²) in [5, 5.41) is 0. The van der Waals surface area contributed by atoms with Gasteiger partial charge in [-0.15, -0.1) is 0 Å². The third-order valence-corrected chi connectivity index (χ3v) is 1.58. The lowest BCUT2D eigenvalue weighted by Gasteiger charge is -2.09. The minimum Gasteiger partial charge on any atom is -0.402 e. The fourth-order valence-electron chi connectivity index (χ4n) is 0.848. The molecule has 0 bridgehead atoms. The van der Waals surface area contributed by atoms with Gasteiger partial charge in [0.25, 0.3) is 0 Å². The van der Waals surface area contributed by atoms with Gasteiger partial charge >= 0.3 is 0 Å². The number of hydrogen-bond donors (Lipinski definition) is 1. The predicted octanol–water partition coefficient (Wildman–Crippen LogP) is 2.89. The molecular formula is C9H16FN. The summed E-state index contributed by atoms with van der Waals surface area (Å²) in [5.41, 5.74) is 6.77.